The Bertz CT molecular complexity index is 350. The van der Waals surface area contributed by atoms with Gasteiger partial charge in [-0.25, -0.2) is 4.39 Å². The van der Waals surface area contributed by atoms with E-state index in [4.69, 9.17) is 17.3 Å². The van der Waals surface area contributed by atoms with Crippen LogP contribution >= 0.6 is 11.6 Å². The molecule has 15 heavy (non-hydrogen) atoms. The van der Waals surface area contributed by atoms with E-state index in [0.717, 1.165) is 12.0 Å². The topological polar surface area (TPSA) is 26.0 Å². The molecule has 0 amide bonds. The maximum Gasteiger partial charge on any atom is 0.127 e. The summed E-state index contributed by atoms with van der Waals surface area (Å²) in [6, 6.07) is 2.97. The highest BCUT2D eigenvalue weighted by Crippen LogP contribution is 2.28. The van der Waals surface area contributed by atoms with Gasteiger partial charge in [0, 0.05) is 11.1 Å². The van der Waals surface area contributed by atoms with E-state index >= 15 is 0 Å². The summed E-state index contributed by atoms with van der Waals surface area (Å²) in [5, 5.41) is 0.422. The zero-order valence-electron chi connectivity index (χ0n) is 9.35. The fourth-order valence-corrected chi connectivity index (χ4v) is 1.89. The zero-order chi connectivity index (χ0) is 11.6. The lowest BCUT2D eigenvalue weighted by molar-refractivity contribution is 0.509. The fourth-order valence-electron chi connectivity index (χ4n) is 1.60. The molecule has 84 valence electrons. The number of benzene rings is 1. The van der Waals surface area contributed by atoms with E-state index in [-0.39, 0.29) is 11.9 Å². The van der Waals surface area contributed by atoms with Gasteiger partial charge in [0.15, 0.2) is 0 Å². The molecule has 0 spiro atoms. The molecule has 0 radical (unpaired) electrons. The summed E-state index contributed by atoms with van der Waals surface area (Å²) in [5.41, 5.74) is 7.44. The lowest BCUT2D eigenvalue weighted by Crippen LogP contribution is -2.13. The van der Waals surface area contributed by atoms with Crippen molar-refractivity contribution in [3.63, 3.8) is 0 Å². The highest BCUT2D eigenvalue weighted by atomic mass is 35.5. The Balaban J connectivity index is 2.98. The highest BCUT2D eigenvalue weighted by molar-refractivity contribution is 6.31. The Kier molecular flexibility index (Phi) is 4.12. The first kappa shape index (κ1) is 12.5. The summed E-state index contributed by atoms with van der Waals surface area (Å²) >= 11 is 5.96. The average Bonchev–Trinajstić information content (AvgIpc) is 2.09. The molecule has 1 nitrogen and oxygen atoms in total. The molecule has 0 aromatic heterocycles. The van der Waals surface area contributed by atoms with Crippen molar-refractivity contribution in [3.05, 3.63) is 34.1 Å². The Morgan fingerprint density at radius 1 is 1.40 bits per heavy atom. The van der Waals surface area contributed by atoms with Gasteiger partial charge in [0.1, 0.15) is 5.82 Å². The van der Waals surface area contributed by atoms with Gasteiger partial charge in [-0.15, -0.1) is 0 Å². The van der Waals surface area contributed by atoms with Gasteiger partial charge < -0.3 is 5.73 Å². The van der Waals surface area contributed by atoms with Gasteiger partial charge >= 0.3 is 0 Å². The standard InChI is InChI=1S/C12H17ClFN/c1-7(2)4-12(15)9-5-8(3)11(14)6-10(9)13/h5-7,12H,4,15H2,1-3H3. The Hall–Kier alpha value is -0.600. The second-order valence-corrected chi connectivity index (χ2v) is 4.77. The maximum absolute atomic E-state index is 13.2. The summed E-state index contributed by atoms with van der Waals surface area (Å²) in [7, 11) is 0. The van der Waals surface area contributed by atoms with Crippen molar-refractivity contribution in [3.8, 4) is 0 Å². The van der Waals surface area contributed by atoms with Crippen molar-refractivity contribution >= 4 is 11.6 Å². The third-order valence-electron chi connectivity index (χ3n) is 2.40. The number of aryl methyl sites for hydroxylation is 1. The predicted octanol–water partition coefficient (Wildman–Crippen LogP) is 3.83. The molecule has 1 aromatic carbocycles. The van der Waals surface area contributed by atoms with Crippen LogP contribution in [-0.2, 0) is 0 Å². The van der Waals surface area contributed by atoms with Crippen molar-refractivity contribution in [2.75, 3.05) is 0 Å². The van der Waals surface area contributed by atoms with Crippen LogP contribution in [0.5, 0.6) is 0 Å². The summed E-state index contributed by atoms with van der Waals surface area (Å²) < 4.78 is 13.2. The van der Waals surface area contributed by atoms with Crippen LogP contribution in [0.15, 0.2) is 12.1 Å². The molecule has 1 atom stereocenters. The average molecular weight is 230 g/mol. The Morgan fingerprint density at radius 2 is 2.00 bits per heavy atom. The molecule has 1 rings (SSSR count). The van der Waals surface area contributed by atoms with Gasteiger partial charge in [0.25, 0.3) is 0 Å². The van der Waals surface area contributed by atoms with Crippen molar-refractivity contribution in [1.82, 2.24) is 0 Å². The van der Waals surface area contributed by atoms with E-state index in [0.29, 0.717) is 16.5 Å². The third-order valence-corrected chi connectivity index (χ3v) is 2.73. The number of nitrogens with two attached hydrogens (primary N) is 1. The van der Waals surface area contributed by atoms with Crippen molar-refractivity contribution in [2.24, 2.45) is 11.7 Å². The molecule has 1 aromatic rings. The molecule has 0 aliphatic heterocycles. The first-order valence-corrected chi connectivity index (χ1v) is 5.50. The van der Waals surface area contributed by atoms with Gasteiger partial charge in [-0.3, -0.25) is 0 Å². The van der Waals surface area contributed by atoms with Crippen molar-refractivity contribution in [1.29, 1.82) is 0 Å². The minimum Gasteiger partial charge on any atom is -0.324 e. The zero-order valence-corrected chi connectivity index (χ0v) is 10.1. The van der Waals surface area contributed by atoms with Crippen LogP contribution in [0.2, 0.25) is 5.02 Å². The highest BCUT2D eigenvalue weighted by Gasteiger charge is 2.13. The lowest BCUT2D eigenvalue weighted by atomic mass is 9.96. The fraction of sp³-hybridized carbons (Fsp3) is 0.500. The maximum atomic E-state index is 13.2. The van der Waals surface area contributed by atoms with Crippen molar-refractivity contribution < 1.29 is 4.39 Å². The van der Waals surface area contributed by atoms with E-state index in [1.54, 1.807) is 13.0 Å². The molecule has 2 N–H and O–H groups in total. The monoisotopic (exact) mass is 229 g/mol. The lowest BCUT2D eigenvalue weighted by Gasteiger charge is -2.16. The van der Waals surface area contributed by atoms with Crippen LogP contribution in [0, 0.1) is 18.7 Å². The van der Waals surface area contributed by atoms with E-state index in [2.05, 4.69) is 13.8 Å². The third kappa shape index (κ3) is 3.18. The number of rotatable bonds is 3. The molecule has 0 bridgehead atoms. The minimum absolute atomic E-state index is 0.114. The molecule has 0 aliphatic carbocycles. The number of hydrogen-bond acceptors (Lipinski definition) is 1. The van der Waals surface area contributed by atoms with Gasteiger partial charge in [-0.1, -0.05) is 31.5 Å². The van der Waals surface area contributed by atoms with Crippen molar-refractivity contribution in [2.45, 2.75) is 33.2 Å². The second kappa shape index (κ2) is 4.95. The number of halogens is 2. The van der Waals surface area contributed by atoms with Gasteiger partial charge in [0.05, 0.1) is 0 Å². The molecule has 1 unspecified atom stereocenters. The Morgan fingerprint density at radius 3 is 2.53 bits per heavy atom. The predicted molar refractivity (Wildman–Crippen MR) is 62.5 cm³/mol. The smallest absolute Gasteiger partial charge is 0.127 e. The molecule has 0 aliphatic rings. The van der Waals surface area contributed by atoms with Gasteiger partial charge in [-0.2, -0.15) is 0 Å². The molecule has 3 heteroatoms. The van der Waals surface area contributed by atoms with Crippen LogP contribution < -0.4 is 5.73 Å². The van der Waals surface area contributed by atoms with Gasteiger partial charge in [0.2, 0.25) is 0 Å². The Labute approximate surface area is 95.4 Å². The van der Waals surface area contributed by atoms with Crippen LogP contribution in [0.3, 0.4) is 0 Å². The first-order chi connectivity index (χ1) is 6.91. The normalized spacial score (nSPS) is 13.3. The van der Waals surface area contributed by atoms with E-state index in [1.165, 1.54) is 6.07 Å². The minimum atomic E-state index is -0.277. The molecular formula is C12H17ClFN. The van der Waals surface area contributed by atoms with E-state index in [9.17, 15) is 4.39 Å². The number of hydrogen-bond donors (Lipinski definition) is 1. The van der Waals surface area contributed by atoms with E-state index in [1.807, 2.05) is 0 Å². The first-order valence-electron chi connectivity index (χ1n) is 5.13. The van der Waals surface area contributed by atoms with Crippen LogP contribution in [0.25, 0.3) is 0 Å². The van der Waals surface area contributed by atoms with Crippen LogP contribution in [0.4, 0.5) is 4.39 Å². The van der Waals surface area contributed by atoms with E-state index < -0.39 is 0 Å². The molecule has 0 saturated heterocycles. The largest absolute Gasteiger partial charge is 0.324 e. The second-order valence-electron chi connectivity index (χ2n) is 4.36. The molecular weight excluding hydrogens is 213 g/mol. The molecule has 0 heterocycles. The SMILES string of the molecule is Cc1cc(C(N)CC(C)C)c(Cl)cc1F. The summed E-state index contributed by atoms with van der Waals surface area (Å²) in [5.74, 6) is 0.224. The molecule has 0 saturated carbocycles. The molecule has 0 fully saturated rings. The van der Waals surface area contributed by atoms with Crippen LogP contribution in [0.1, 0.15) is 37.4 Å². The summed E-state index contributed by atoms with van der Waals surface area (Å²) in [6.45, 7) is 5.92. The quantitative estimate of drug-likeness (QED) is 0.838. The summed E-state index contributed by atoms with van der Waals surface area (Å²) in [6.07, 6.45) is 0.852. The van der Waals surface area contributed by atoms with Crippen LogP contribution in [-0.4, -0.2) is 0 Å². The van der Waals surface area contributed by atoms with Gasteiger partial charge in [-0.05, 0) is 36.5 Å². The summed E-state index contributed by atoms with van der Waals surface area (Å²) in [4.78, 5) is 0.